The van der Waals surface area contributed by atoms with Gasteiger partial charge in [-0.2, -0.15) is 0 Å². The molecule has 2 nitrogen and oxygen atoms in total. The molecule has 1 atom stereocenters. The maximum Gasteiger partial charge on any atom is 0.0571 e. The summed E-state index contributed by atoms with van der Waals surface area (Å²) in [5.74, 6) is 0. The van der Waals surface area contributed by atoms with Crippen LogP contribution in [0, 0.1) is 0 Å². The summed E-state index contributed by atoms with van der Waals surface area (Å²) in [5, 5.41) is 0. The maximum atomic E-state index is 5.53. The number of nitrogens with two attached hydrogens (primary N) is 1. The second-order valence-corrected chi connectivity index (χ2v) is 5.58. The molecule has 0 saturated heterocycles. The Morgan fingerprint density at radius 3 is 2.25 bits per heavy atom. The third-order valence-corrected chi connectivity index (χ3v) is 3.90. The third-order valence-electron chi connectivity index (χ3n) is 3.90. The Bertz CT molecular complexity index is 312. The summed E-state index contributed by atoms with van der Waals surface area (Å²) in [7, 11) is 1.82. The van der Waals surface area contributed by atoms with Crippen LogP contribution in [0.15, 0.2) is 30.3 Å². The SMILES string of the molecule is COC(CCCN)CCCCCCCc1ccccc1. The van der Waals surface area contributed by atoms with Crippen LogP contribution in [0.3, 0.4) is 0 Å². The summed E-state index contributed by atoms with van der Waals surface area (Å²) in [6.07, 6.45) is 11.6. The zero-order valence-corrected chi connectivity index (χ0v) is 13.0. The minimum absolute atomic E-state index is 0.419. The van der Waals surface area contributed by atoms with Gasteiger partial charge in [0.2, 0.25) is 0 Å². The fourth-order valence-electron chi connectivity index (χ4n) is 2.60. The lowest BCUT2D eigenvalue weighted by Gasteiger charge is -2.14. The molecule has 0 bridgehead atoms. The lowest BCUT2D eigenvalue weighted by Crippen LogP contribution is -2.12. The van der Waals surface area contributed by atoms with Crippen molar-refractivity contribution in [1.29, 1.82) is 0 Å². The summed E-state index contributed by atoms with van der Waals surface area (Å²) in [6.45, 7) is 0.777. The van der Waals surface area contributed by atoms with Crippen LogP contribution in [0.4, 0.5) is 0 Å². The molecule has 1 unspecified atom stereocenters. The molecule has 114 valence electrons. The van der Waals surface area contributed by atoms with E-state index in [9.17, 15) is 0 Å². The van der Waals surface area contributed by atoms with Gasteiger partial charge in [0.25, 0.3) is 0 Å². The first-order chi connectivity index (χ1) is 9.86. The van der Waals surface area contributed by atoms with Crippen LogP contribution in [0.1, 0.15) is 56.9 Å². The zero-order chi connectivity index (χ0) is 14.5. The van der Waals surface area contributed by atoms with Crippen molar-refractivity contribution in [3.8, 4) is 0 Å². The van der Waals surface area contributed by atoms with Gasteiger partial charge in [0.05, 0.1) is 6.10 Å². The van der Waals surface area contributed by atoms with Gasteiger partial charge < -0.3 is 10.5 Å². The van der Waals surface area contributed by atoms with Crippen LogP contribution in [0.5, 0.6) is 0 Å². The van der Waals surface area contributed by atoms with Crippen molar-refractivity contribution in [1.82, 2.24) is 0 Å². The largest absolute Gasteiger partial charge is 0.381 e. The van der Waals surface area contributed by atoms with E-state index in [1.165, 1.54) is 50.5 Å². The maximum absolute atomic E-state index is 5.53. The normalized spacial score (nSPS) is 12.5. The molecule has 0 spiro atoms. The summed E-state index contributed by atoms with van der Waals surface area (Å²) >= 11 is 0. The topological polar surface area (TPSA) is 35.2 Å². The predicted molar refractivity (Wildman–Crippen MR) is 86.9 cm³/mol. The highest BCUT2D eigenvalue weighted by Gasteiger charge is 2.05. The number of methoxy groups -OCH3 is 1. The summed E-state index contributed by atoms with van der Waals surface area (Å²) in [4.78, 5) is 0. The molecule has 0 aliphatic rings. The van der Waals surface area contributed by atoms with E-state index in [-0.39, 0.29) is 0 Å². The van der Waals surface area contributed by atoms with Crippen LogP contribution in [0.25, 0.3) is 0 Å². The highest BCUT2D eigenvalue weighted by Crippen LogP contribution is 2.13. The van der Waals surface area contributed by atoms with Crippen molar-refractivity contribution in [2.45, 2.75) is 63.9 Å². The van der Waals surface area contributed by atoms with Crippen molar-refractivity contribution in [2.75, 3.05) is 13.7 Å². The smallest absolute Gasteiger partial charge is 0.0571 e. The van der Waals surface area contributed by atoms with E-state index in [1.807, 2.05) is 7.11 Å². The second kappa shape index (κ2) is 11.9. The Morgan fingerprint density at radius 2 is 1.55 bits per heavy atom. The zero-order valence-electron chi connectivity index (χ0n) is 13.0. The van der Waals surface area contributed by atoms with E-state index in [2.05, 4.69) is 30.3 Å². The van der Waals surface area contributed by atoms with Crippen molar-refractivity contribution >= 4 is 0 Å². The van der Waals surface area contributed by atoms with Gasteiger partial charge in [-0.15, -0.1) is 0 Å². The molecule has 0 aromatic heterocycles. The molecular weight excluding hydrogens is 246 g/mol. The molecule has 0 heterocycles. The van der Waals surface area contributed by atoms with Crippen LogP contribution in [0.2, 0.25) is 0 Å². The van der Waals surface area contributed by atoms with Gasteiger partial charge in [-0.05, 0) is 44.2 Å². The van der Waals surface area contributed by atoms with E-state index in [0.29, 0.717) is 6.10 Å². The number of hydrogen-bond donors (Lipinski definition) is 1. The Labute approximate surface area is 124 Å². The first-order valence-electron chi connectivity index (χ1n) is 8.13. The molecule has 20 heavy (non-hydrogen) atoms. The minimum atomic E-state index is 0.419. The van der Waals surface area contributed by atoms with Crippen LogP contribution >= 0.6 is 0 Å². The highest BCUT2D eigenvalue weighted by molar-refractivity contribution is 5.14. The van der Waals surface area contributed by atoms with Crippen LogP contribution in [-0.2, 0) is 11.2 Å². The van der Waals surface area contributed by atoms with Gasteiger partial charge >= 0.3 is 0 Å². The van der Waals surface area contributed by atoms with Gasteiger partial charge in [0.15, 0.2) is 0 Å². The molecule has 0 amide bonds. The first kappa shape index (κ1) is 17.2. The standard InChI is InChI=1S/C18H31NO/c1-20-18(15-10-16-19)14-9-4-2-3-6-11-17-12-7-5-8-13-17/h5,7-8,12-13,18H,2-4,6,9-11,14-16,19H2,1H3. The van der Waals surface area contributed by atoms with Crippen molar-refractivity contribution < 1.29 is 4.74 Å². The summed E-state index contributed by atoms with van der Waals surface area (Å²) < 4.78 is 5.48. The molecule has 0 aliphatic carbocycles. The third kappa shape index (κ3) is 8.34. The number of rotatable bonds is 12. The van der Waals surface area contributed by atoms with E-state index in [1.54, 1.807) is 0 Å². The Kier molecular flexibility index (Phi) is 10.3. The molecule has 0 radical (unpaired) electrons. The predicted octanol–water partition coefficient (Wildman–Crippen LogP) is 4.32. The highest BCUT2D eigenvalue weighted by atomic mass is 16.5. The number of ether oxygens (including phenoxy) is 1. The van der Waals surface area contributed by atoms with E-state index >= 15 is 0 Å². The Balaban J connectivity index is 1.94. The quantitative estimate of drug-likeness (QED) is 0.577. The average molecular weight is 277 g/mol. The van der Waals surface area contributed by atoms with Gasteiger partial charge in [0, 0.05) is 7.11 Å². The van der Waals surface area contributed by atoms with Crippen molar-refractivity contribution in [3.05, 3.63) is 35.9 Å². The fraction of sp³-hybridized carbons (Fsp3) is 0.667. The van der Waals surface area contributed by atoms with Crippen LogP contribution < -0.4 is 5.73 Å². The lowest BCUT2D eigenvalue weighted by molar-refractivity contribution is 0.0843. The van der Waals surface area contributed by atoms with Gasteiger partial charge in [0.1, 0.15) is 0 Å². The number of benzene rings is 1. The molecule has 1 aromatic rings. The molecule has 2 heteroatoms. The first-order valence-corrected chi connectivity index (χ1v) is 8.13. The molecule has 0 saturated carbocycles. The lowest BCUT2D eigenvalue weighted by atomic mass is 10.0. The Hall–Kier alpha value is -0.860. The minimum Gasteiger partial charge on any atom is -0.381 e. The monoisotopic (exact) mass is 277 g/mol. The molecule has 0 aliphatic heterocycles. The number of aryl methyl sites for hydroxylation is 1. The van der Waals surface area contributed by atoms with Gasteiger partial charge in [-0.25, -0.2) is 0 Å². The molecule has 2 N–H and O–H groups in total. The number of unbranched alkanes of at least 4 members (excludes halogenated alkanes) is 4. The molecule has 1 aromatic carbocycles. The molecular formula is C18H31NO. The fourth-order valence-corrected chi connectivity index (χ4v) is 2.60. The van der Waals surface area contributed by atoms with Gasteiger partial charge in [-0.3, -0.25) is 0 Å². The summed E-state index contributed by atoms with van der Waals surface area (Å²) in [5.41, 5.74) is 7.00. The molecule has 0 fully saturated rings. The average Bonchev–Trinajstić information content (AvgIpc) is 2.50. The summed E-state index contributed by atoms with van der Waals surface area (Å²) in [6, 6.07) is 10.8. The number of hydrogen-bond acceptors (Lipinski definition) is 2. The second-order valence-electron chi connectivity index (χ2n) is 5.58. The van der Waals surface area contributed by atoms with E-state index < -0.39 is 0 Å². The molecule has 1 rings (SSSR count). The van der Waals surface area contributed by atoms with Crippen LogP contribution in [-0.4, -0.2) is 19.8 Å². The Morgan fingerprint density at radius 1 is 0.900 bits per heavy atom. The van der Waals surface area contributed by atoms with Crippen molar-refractivity contribution in [2.24, 2.45) is 5.73 Å². The van der Waals surface area contributed by atoms with E-state index in [4.69, 9.17) is 10.5 Å². The van der Waals surface area contributed by atoms with E-state index in [0.717, 1.165) is 19.4 Å². The van der Waals surface area contributed by atoms with Gasteiger partial charge in [-0.1, -0.05) is 56.0 Å². The van der Waals surface area contributed by atoms with Crippen molar-refractivity contribution in [3.63, 3.8) is 0 Å².